The molecule has 0 aromatic heterocycles. The Bertz CT molecular complexity index is 1010. The number of ketones is 1. The monoisotopic (exact) mass is 427 g/mol. The number of carboxylic acids is 1. The van der Waals surface area contributed by atoms with Gasteiger partial charge in [-0.15, -0.1) is 0 Å². The van der Waals surface area contributed by atoms with Crippen molar-refractivity contribution in [3.8, 4) is 0 Å². The van der Waals surface area contributed by atoms with Crippen molar-refractivity contribution in [2.24, 2.45) is 5.92 Å². The van der Waals surface area contributed by atoms with Gasteiger partial charge in [0.2, 0.25) is 5.91 Å². The standard InChI is InChI=1S/C22H25N3O6/c1-2-31-22(30)25-11-9-24(10-12-25)21(29)17(13-18(26)27)20(28)16-8-7-14-5-3-4-6-15(14)19(16)23/h3-8,17H,2,9-13,23H2,1H3,(H,26,27). The summed E-state index contributed by atoms with van der Waals surface area (Å²) in [5.41, 5.74) is 6.54. The molecule has 31 heavy (non-hydrogen) atoms. The average Bonchev–Trinajstić information content (AvgIpc) is 2.77. The number of carbonyl (C=O) groups is 4. The fourth-order valence-electron chi connectivity index (χ4n) is 3.71. The van der Waals surface area contributed by atoms with Crippen molar-refractivity contribution >= 4 is 40.2 Å². The summed E-state index contributed by atoms with van der Waals surface area (Å²) in [7, 11) is 0. The summed E-state index contributed by atoms with van der Waals surface area (Å²) in [4.78, 5) is 52.5. The molecule has 2 amide bonds. The molecule has 1 saturated heterocycles. The molecule has 2 aromatic rings. The van der Waals surface area contributed by atoms with E-state index in [4.69, 9.17) is 10.5 Å². The largest absolute Gasteiger partial charge is 0.481 e. The zero-order valence-electron chi connectivity index (χ0n) is 17.2. The number of nitrogens with two attached hydrogens (primary N) is 1. The lowest BCUT2D eigenvalue weighted by Gasteiger charge is -2.35. The van der Waals surface area contributed by atoms with Crippen LogP contribution in [-0.2, 0) is 14.3 Å². The quantitative estimate of drug-likeness (QED) is 0.410. The second-order valence-corrected chi connectivity index (χ2v) is 7.27. The number of piperazine rings is 1. The van der Waals surface area contributed by atoms with Gasteiger partial charge in [0.05, 0.1) is 18.7 Å². The van der Waals surface area contributed by atoms with E-state index in [0.717, 1.165) is 5.39 Å². The van der Waals surface area contributed by atoms with E-state index >= 15 is 0 Å². The van der Waals surface area contributed by atoms with E-state index in [9.17, 15) is 24.3 Å². The van der Waals surface area contributed by atoms with E-state index in [2.05, 4.69) is 0 Å². The van der Waals surface area contributed by atoms with Gasteiger partial charge in [0.15, 0.2) is 5.78 Å². The van der Waals surface area contributed by atoms with Crippen molar-refractivity contribution in [2.45, 2.75) is 13.3 Å². The summed E-state index contributed by atoms with van der Waals surface area (Å²) in [6, 6.07) is 10.5. The molecule has 1 heterocycles. The predicted molar refractivity (Wildman–Crippen MR) is 114 cm³/mol. The van der Waals surface area contributed by atoms with Crippen molar-refractivity contribution in [1.29, 1.82) is 0 Å². The van der Waals surface area contributed by atoms with Gasteiger partial charge in [0, 0.05) is 37.1 Å². The van der Waals surface area contributed by atoms with Crippen LogP contribution in [0.3, 0.4) is 0 Å². The number of nitrogen functional groups attached to an aromatic ring is 1. The molecule has 1 atom stereocenters. The van der Waals surface area contributed by atoms with Gasteiger partial charge in [-0.05, 0) is 18.4 Å². The normalized spacial score (nSPS) is 14.9. The SMILES string of the molecule is CCOC(=O)N1CCN(C(=O)C(CC(=O)O)C(=O)c2ccc3ccccc3c2N)CC1. The summed E-state index contributed by atoms with van der Waals surface area (Å²) < 4.78 is 4.96. The van der Waals surface area contributed by atoms with Gasteiger partial charge in [-0.25, -0.2) is 4.79 Å². The molecule has 2 aromatic carbocycles. The van der Waals surface area contributed by atoms with Crippen LogP contribution in [-0.4, -0.2) is 71.4 Å². The molecular weight excluding hydrogens is 402 g/mol. The lowest BCUT2D eigenvalue weighted by atomic mass is 9.90. The number of rotatable bonds is 6. The Morgan fingerprint density at radius 1 is 1.03 bits per heavy atom. The van der Waals surface area contributed by atoms with Gasteiger partial charge in [0.25, 0.3) is 0 Å². The van der Waals surface area contributed by atoms with Crippen LogP contribution in [0, 0.1) is 5.92 Å². The first-order valence-corrected chi connectivity index (χ1v) is 10.1. The molecule has 0 spiro atoms. The van der Waals surface area contributed by atoms with E-state index in [-0.39, 0.29) is 44.0 Å². The lowest BCUT2D eigenvalue weighted by Crippen LogP contribution is -2.53. The Kier molecular flexibility index (Phi) is 6.74. The van der Waals surface area contributed by atoms with E-state index in [1.54, 1.807) is 25.1 Å². The molecule has 1 aliphatic heterocycles. The number of benzene rings is 2. The molecule has 0 aliphatic carbocycles. The van der Waals surface area contributed by atoms with Crippen LogP contribution in [0.2, 0.25) is 0 Å². The van der Waals surface area contributed by atoms with Crippen molar-refractivity contribution < 1.29 is 29.0 Å². The number of carbonyl (C=O) groups excluding carboxylic acids is 3. The number of Topliss-reactive ketones (excluding diaryl/α,β-unsaturated/α-hetero) is 1. The van der Waals surface area contributed by atoms with Gasteiger partial charge in [-0.2, -0.15) is 0 Å². The van der Waals surface area contributed by atoms with Crippen molar-refractivity contribution in [2.75, 3.05) is 38.5 Å². The maximum Gasteiger partial charge on any atom is 0.409 e. The Labute approximate surface area is 179 Å². The summed E-state index contributed by atoms with van der Waals surface area (Å²) in [5, 5.41) is 10.8. The third-order valence-electron chi connectivity index (χ3n) is 5.35. The zero-order chi connectivity index (χ0) is 22.5. The third-order valence-corrected chi connectivity index (χ3v) is 5.35. The smallest absolute Gasteiger partial charge is 0.409 e. The minimum Gasteiger partial charge on any atom is -0.481 e. The number of nitrogens with zero attached hydrogens (tertiary/aromatic N) is 2. The molecule has 0 radical (unpaired) electrons. The Morgan fingerprint density at radius 3 is 2.32 bits per heavy atom. The number of amides is 2. The molecule has 0 bridgehead atoms. The predicted octanol–water partition coefficient (Wildman–Crippen LogP) is 2.00. The third kappa shape index (κ3) is 4.76. The summed E-state index contributed by atoms with van der Waals surface area (Å²) in [6.45, 7) is 2.83. The number of hydrogen-bond donors (Lipinski definition) is 2. The van der Waals surface area contributed by atoms with Crippen molar-refractivity contribution in [1.82, 2.24) is 9.80 Å². The van der Waals surface area contributed by atoms with Crippen LogP contribution >= 0.6 is 0 Å². The van der Waals surface area contributed by atoms with E-state index in [1.807, 2.05) is 12.1 Å². The van der Waals surface area contributed by atoms with Crippen LogP contribution in [0.1, 0.15) is 23.7 Å². The first-order chi connectivity index (χ1) is 14.8. The van der Waals surface area contributed by atoms with Crippen LogP contribution in [0.25, 0.3) is 10.8 Å². The van der Waals surface area contributed by atoms with Crippen LogP contribution < -0.4 is 5.73 Å². The number of ether oxygens (including phenoxy) is 1. The fourth-order valence-corrected chi connectivity index (χ4v) is 3.71. The second-order valence-electron chi connectivity index (χ2n) is 7.27. The van der Waals surface area contributed by atoms with Gasteiger partial charge < -0.3 is 25.4 Å². The summed E-state index contributed by atoms with van der Waals surface area (Å²) in [5.74, 6) is -3.85. The Balaban J connectivity index is 1.81. The number of carboxylic acid groups (broad SMARTS) is 1. The maximum absolute atomic E-state index is 13.2. The highest BCUT2D eigenvalue weighted by molar-refractivity contribution is 6.16. The lowest BCUT2D eigenvalue weighted by molar-refractivity contribution is -0.143. The second kappa shape index (κ2) is 9.46. The van der Waals surface area contributed by atoms with Gasteiger partial charge in [-0.1, -0.05) is 30.3 Å². The number of hydrogen-bond acceptors (Lipinski definition) is 6. The van der Waals surface area contributed by atoms with E-state index in [0.29, 0.717) is 5.39 Å². The molecule has 3 N–H and O–H groups in total. The van der Waals surface area contributed by atoms with Crippen LogP contribution in [0.4, 0.5) is 10.5 Å². The molecule has 0 saturated carbocycles. The minimum atomic E-state index is -1.39. The first-order valence-electron chi connectivity index (χ1n) is 10.1. The summed E-state index contributed by atoms with van der Waals surface area (Å²) in [6.07, 6.45) is -1.10. The number of fused-ring (bicyclic) bond motifs is 1. The minimum absolute atomic E-state index is 0.128. The molecule has 9 heteroatoms. The first kappa shape index (κ1) is 22.1. The molecule has 3 rings (SSSR count). The molecular formula is C22H25N3O6. The highest BCUT2D eigenvalue weighted by Crippen LogP contribution is 2.28. The van der Waals surface area contributed by atoms with Crippen molar-refractivity contribution in [3.05, 3.63) is 42.0 Å². The molecule has 1 aliphatic rings. The van der Waals surface area contributed by atoms with E-state index < -0.39 is 36.1 Å². The Hall–Kier alpha value is -3.62. The topological polar surface area (TPSA) is 130 Å². The highest BCUT2D eigenvalue weighted by atomic mass is 16.6. The van der Waals surface area contributed by atoms with Crippen LogP contribution in [0.5, 0.6) is 0 Å². The molecule has 9 nitrogen and oxygen atoms in total. The Morgan fingerprint density at radius 2 is 1.68 bits per heavy atom. The highest BCUT2D eigenvalue weighted by Gasteiger charge is 2.36. The van der Waals surface area contributed by atoms with Gasteiger partial charge >= 0.3 is 12.1 Å². The zero-order valence-corrected chi connectivity index (χ0v) is 17.2. The number of aliphatic carboxylic acids is 1. The average molecular weight is 427 g/mol. The van der Waals surface area contributed by atoms with Crippen LogP contribution in [0.15, 0.2) is 36.4 Å². The van der Waals surface area contributed by atoms with Gasteiger partial charge in [-0.3, -0.25) is 14.4 Å². The number of anilines is 1. The maximum atomic E-state index is 13.2. The van der Waals surface area contributed by atoms with E-state index in [1.165, 1.54) is 15.9 Å². The summed E-state index contributed by atoms with van der Waals surface area (Å²) >= 11 is 0. The molecule has 1 fully saturated rings. The van der Waals surface area contributed by atoms with Gasteiger partial charge in [0.1, 0.15) is 5.92 Å². The molecule has 164 valence electrons. The van der Waals surface area contributed by atoms with Crippen molar-refractivity contribution in [3.63, 3.8) is 0 Å². The fraction of sp³-hybridized carbons (Fsp3) is 0.364. The molecule has 1 unspecified atom stereocenters.